The molecule has 0 spiro atoms. The fraction of sp³-hybridized carbons (Fsp3) is 0.231. The van der Waals surface area contributed by atoms with Crippen molar-refractivity contribution in [2.45, 2.75) is 20.0 Å². The van der Waals surface area contributed by atoms with E-state index in [1.54, 1.807) is 30.3 Å². The summed E-state index contributed by atoms with van der Waals surface area (Å²) in [6.45, 7) is 3.81. The van der Waals surface area contributed by atoms with E-state index in [9.17, 15) is 4.79 Å². The average Bonchev–Trinajstić information content (AvgIpc) is 2.25. The molecule has 1 rings (SSSR count). The second-order valence-electron chi connectivity index (χ2n) is 3.71. The third-order valence-corrected chi connectivity index (χ3v) is 1.89. The van der Waals surface area contributed by atoms with Crippen LogP contribution in [0.25, 0.3) is 6.08 Å². The first-order valence-electron chi connectivity index (χ1n) is 5.14. The molecule has 4 heteroatoms. The highest BCUT2D eigenvalue weighted by Gasteiger charge is 2.06. The van der Waals surface area contributed by atoms with Gasteiger partial charge in [0.25, 0.3) is 0 Å². The maximum atomic E-state index is 10.7. The van der Waals surface area contributed by atoms with E-state index in [0.717, 1.165) is 0 Å². The van der Waals surface area contributed by atoms with Gasteiger partial charge in [-0.3, -0.25) is 0 Å². The van der Waals surface area contributed by atoms with Crippen molar-refractivity contribution < 1.29 is 14.6 Å². The van der Waals surface area contributed by atoms with E-state index in [2.05, 4.69) is 0 Å². The lowest BCUT2D eigenvalue weighted by Crippen LogP contribution is -2.05. The quantitative estimate of drug-likeness (QED) is 0.638. The molecule has 17 heavy (non-hydrogen) atoms. The topological polar surface area (TPSA) is 70.3 Å². The van der Waals surface area contributed by atoms with Crippen LogP contribution in [-0.2, 0) is 4.79 Å². The maximum absolute atomic E-state index is 10.7. The van der Waals surface area contributed by atoms with Gasteiger partial charge in [0.05, 0.1) is 6.10 Å². The summed E-state index contributed by atoms with van der Waals surface area (Å²) in [6.07, 6.45) is 1.36. The van der Waals surface area contributed by atoms with E-state index in [0.29, 0.717) is 11.3 Å². The highest BCUT2D eigenvalue weighted by Crippen LogP contribution is 2.17. The van der Waals surface area contributed by atoms with Crippen LogP contribution in [0.15, 0.2) is 29.8 Å². The predicted molar refractivity (Wildman–Crippen MR) is 63.4 cm³/mol. The molecule has 0 aromatic heterocycles. The molecule has 1 aromatic rings. The molecule has 0 atom stereocenters. The van der Waals surface area contributed by atoms with Gasteiger partial charge in [0.1, 0.15) is 17.4 Å². The molecular formula is C13H13NO3. The Morgan fingerprint density at radius 1 is 1.53 bits per heavy atom. The summed E-state index contributed by atoms with van der Waals surface area (Å²) in [4.78, 5) is 10.7. The number of carboxylic acids is 1. The lowest BCUT2D eigenvalue weighted by Gasteiger charge is -2.09. The molecule has 0 aliphatic heterocycles. The normalized spacial score (nSPS) is 11.1. The van der Waals surface area contributed by atoms with Gasteiger partial charge in [-0.05, 0) is 37.6 Å². The van der Waals surface area contributed by atoms with E-state index in [1.165, 1.54) is 6.08 Å². The second-order valence-corrected chi connectivity index (χ2v) is 3.71. The molecule has 0 heterocycles. The van der Waals surface area contributed by atoms with Crippen LogP contribution in [0.5, 0.6) is 5.75 Å². The Hall–Kier alpha value is -2.28. The summed E-state index contributed by atoms with van der Waals surface area (Å²) >= 11 is 0. The van der Waals surface area contributed by atoms with Gasteiger partial charge in [0, 0.05) is 0 Å². The van der Waals surface area contributed by atoms with Crippen molar-refractivity contribution in [3.05, 3.63) is 35.4 Å². The van der Waals surface area contributed by atoms with E-state index in [-0.39, 0.29) is 11.7 Å². The molecule has 1 aromatic carbocycles. The van der Waals surface area contributed by atoms with Crippen molar-refractivity contribution in [2.75, 3.05) is 0 Å². The summed E-state index contributed by atoms with van der Waals surface area (Å²) in [7, 11) is 0. The standard InChI is InChI=1S/C13H13NO3/c1-9(2)17-12-5-3-4-10(7-12)6-11(8-14)13(15)16/h3-7,9H,1-2H3,(H,15,16). The van der Waals surface area contributed by atoms with Crippen molar-refractivity contribution >= 4 is 12.0 Å². The molecular weight excluding hydrogens is 218 g/mol. The number of aliphatic carboxylic acids is 1. The number of hydrogen-bond acceptors (Lipinski definition) is 3. The minimum atomic E-state index is -1.23. The highest BCUT2D eigenvalue weighted by molar-refractivity contribution is 5.96. The number of carbonyl (C=O) groups is 1. The van der Waals surface area contributed by atoms with Gasteiger partial charge in [0.2, 0.25) is 0 Å². The molecule has 0 fully saturated rings. The average molecular weight is 231 g/mol. The van der Waals surface area contributed by atoms with E-state index in [4.69, 9.17) is 15.1 Å². The van der Waals surface area contributed by atoms with Crippen molar-refractivity contribution in [3.8, 4) is 11.8 Å². The zero-order valence-corrected chi connectivity index (χ0v) is 9.68. The van der Waals surface area contributed by atoms with Gasteiger partial charge in [-0.25, -0.2) is 4.79 Å². The molecule has 0 saturated heterocycles. The number of carboxylic acid groups (broad SMARTS) is 1. The first kappa shape index (κ1) is 12.8. The molecule has 88 valence electrons. The van der Waals surface area contributed by atoms with Crippen LogP contribution in [0.4, 0.5) is 0 Å². The lowest BCUT2D eigenvalue weighted by atomic mass is 10.1. The summed E-state index contributed by atoms with van der Waals surface area (Å²) in [6, 6.07) is 8.57. The van der Waals surface area contributed by atoms with Gasteiger partial charge in [0.15, 0.2) is 0 Å². The number of ether oxygens (including phenoxy) is 1. The first-order valence-corrected chi connectivity index (χ1v) is 5.14. The fourth-order valence-corrected chi connectivity index (χ4v) is 1.26. The number of benzene rings is 1. The van der Waals surface area contributed by atoms with Gasteiger partial charge < -0.3 is 9.84 Å². The Bertz CT molecular complexity index is 484. The van der Waals surface area contributed by atoms with Gasteiger partial charge in [-0.2, -0.15) is 5.26 Å². The number of nitrogens with zero attached hydrogens (tertiary/aromatic N) is 1. The Kier molecular flexibility index (Phi) is 4.29. The van der Waals surface area contributed by atoms with Crippen molar-refractivity contribution in [3.63, 3.8) is 0 Å². The highest BCUT2D eigenvalue weighted by atomic mass is 16.5. The molecule has 0 saturated carbocycles. The Morgan fingerprint density at radius 3 is 2.76 bits per heavy atom. The van der Waals surface area contributed by atoms with Crippen LogP contribution in [0.2, 0.25) is 0 Å². The zero-order chi connectivity index (χ0) is 12.8. The van der Waals surface area contributed by atoms with Crippen LogP contribution in [0.1, 0.15) is 19.4 Å². The summed E-state index contributed by atoms with van der Waals surface area (Å²) < 4.78 is 5.47. The van der Waals surface area contributed by atoms with Gasteiger partial charge in [-0.15, -0.1) is 0 Å². The van der Waals surface area contributed by atoms with Crippen molar-refractivity contribution in [1.29, 1.82) is 5.26 Å². The molecule has 0 aliphatic rings. The van der Waals surface area contributed by atoms with E-state index < -0.39 is 5.97 Å². The van der Waals surface area contributed by atoms with E-state index >= 15 is 0 Å². The van der Waals surface area contributed by atoms with Gasteiger partial charge >= 0.3 is 5.97 Å². The molecule has 4 nitrogen and oxygen atoms in total. The maximum Gasteiger partial charge on any atom is 0.346 e. The monoisotopic (exact) mass is 231 g/mol. The number of rotatable bonds is 4. The van der Waals surface area contributed by atoms with Crippen molar-refractivity contribution in [1.82, 2.24) is 0 Å². The molecule has 0 unspecified atom stereocenters. The minimum Gasteiger partial charge on any atom is -0.491 e. The number of nitriles is 1. The van der Waals surface area contributed by atoms with Gasteiger partial charge in [-0.1, -0.05) is 12.1 Å². The summed E-state index contributed by atoms with van der Waals surface area (Å²) in [5.41, 5.74) is 0.328. The summed E-state index contributed by atoms with van der Waals surface area (Å²) in [5.74, 6) is -0.584. The minimum absolute atomic E-state index is 0.0455. The molecule has 0 amide bonds. The Balaban J connectivity index is 3.00. The van der Waals surface area contributed by atoms with Crippen molar-refractivity contribution in [2.24, 2.45) is 0 Å². The number of hydrogen-bond donors (Lipinski definition) is 1. The largest absolute Gasteiger partial charge is 0.491 e. The lowest BCUT2D eigenvalue weighted by molar-refractivity contribution is -0.132. The van der Waals surface area contributed by atoms with E-state index in [1.807, 2.05) is 13.8 Å². The molecule has 1 N–H and O–H groups in total. The smallest absolute Gasteiger partial charge is 0.346 e. The Labute approximate surface area is 99.8 Å². The summed E-state index contributed by atoms with van der Waals surface area (Å²) in [5, 5.41) is 17.4. The van der Waals surface area contributed by atoms with Crippen LogP contribution in [0.3, 0.4) is 0 Å². The predicted octanol–water partition coefficient (Wildman–Crippen LogP) is 2.47. The molecule has 0 aliphatic carbocycles. The SMILES string of the molecule is CC(C)Oc1cccc(C=C(C#N)C(=O)O)c1. The Morgan fingerprint density at radius 2 is 2.24 bits per heavy atom. The van der Waals surface area contributed by atoms with Crippen LogP contribution in [0, 0.1) is 11.3 Å². The third kappa shape index (κ3) is 3.99. The first-order chi connectivity index (χ1) is 8.02. The molecule has 0 radical (unpaired) electrons. The zero-order valence-electron chi connectivity index (χ0n) is 9.68. The molecule has 0 bridgehead atoms. The fourth-order valence-electron chi connectivity index (χ4n) is 1.26. The van der Waals surface area contributed by atoms with Crippen LogP contribution >= 0.6 is 0 Å². The van der Waals surface area contributed by atoms with Crippen LogP contribution in [-0.4, -0.2) is 17.2 Å². The third-order valence-electron chi connectivity index (χ3n) is 1.89. The second kappa shape index (κ2) is 5.71. The van der Waals surface area contributed by atoms with Crippen LogP contribution < -0.4 is 4.74 Å².